The van der Waals surface area contributed by atoms with Crippen molar-refractivity contribution in [1.29, 1.82) is 0 Å². The summed E-state index contributed by atoms with van der Waals surface area (Å²) < 4.78 is 9.29. The van der Waals surface area contributed by atoms with Gasteiger partial charge in [0.25, 0.3) is 0 Å². The van der Waals surface area contributed by atoms with Gasteiger partial charge in [0, 0.05) is 30.5 Å². The van der Waals surface area contributed by atoms with Gasteiger partial charge in [0.15, 0.2) is 0 Å². The van der Waals surface area contributed by atoms with Crippen LogP contribution in [0.3, 0.4) is 0 Å². The van der Waals surface area contributed by atoms with Gasteiger partial charge in [0.2, 0.25) is 5.91 Å². The SMILES string of the molecule is O=C(Cn1nc2n(c1=O)CCCCC2)Nc1cc(Br)ccc1N1CCOCC1. The van der Waals surface area contributed by atoms with Crippen LogP contribution in [0.5, 0.6) is 0 Å². The second-order valence-corrected chi connectivity index (χ2v) is 8.04. The molecule has 0 unspecified atom stereocenters. The van der Waals surface area contributed by atoms with Crippen molar-refractivity contribution in [3.05, 3.63) is 39.0 Å². The number of amides is 1. The lowest BCUT2D eigenvalue weighted by Gasteiger charge is -2.30. The molecule has 0 bridgehead atoms. The van der Waals surface area contributed by atoms with Gasteiger partial charge >= 0.3 is 5.69 Å². The third-order valence-electron chi connectivity index (χ3n) is 5.16. The first-order valence-corrected chi connectivity index (χ1v) is 10.5. The maximum atomic E-state index is 12.7. The Balaban J connectivity index is 1.51. The molecule has 1 saturated heterocycles. The van der Waals surface area contributed by atoms with E-state index in [0.29, 0.717) is 19.8 Å². The molecule has 2 aromatic rings. The molecule has 28 heavy (non-hydrogen) atoms. The molecule has 1 aromatic heterocycles. The normalized spacial score (nSPS) is 17.1. The lowest BCUT2D eigenvalue weighted by Crippen LogP contribution is -2.37. The number of ether oxygens (including phenoxy) is 1. The van der Waals surface area contributed by atoms with E-state index in [-0.39, 0.29) is 18.1 Å². The molecule has 0 spiro atoms. The van der Waals surface area contributed by atoms with Crippen LogP contribution < -0.4 is 15.9 Å². The summed E-state index contributed by atoms with van der Waals surface area (Å²) in [5.74, 6) is 0.523. The lowest BCUT2D eigenvalue weighted by atomic mass is 10.2. The number of nitrogens with one attached hydrogen (secondary N) is 1. The molecule has 1 fully saturated rings. The molecule has 1 aromatic carbocycles. The van der Waals surface area contributed by atoms with Crippen molar-refractivity contribution >= 4 is 33.2 Å². The summed E-state index contributed by atoms with van der Waals surface area (Å²) in [7, 11) is 0. The van der Waals surface area contributed by atoms with Crippen molar-refractivity contribution in [1.82, 2.24) is 14.3 Å². The molecule has 150 valence electrons. The Labute approximate surface area is 171 Å². The number of carbonyl (C=O) groups is 1. The molecule has 0 radical (unpaired) electrons. The number of benzene rings is 1. The van der Waals surface area contributed by atoms with E-state index in [9.17, 15) is 9.59 Å². The van der Waals surface area contributed by atoms with Crippen LogP contribution in [-0.4, -0.2) is 46.6 Å². The number of rotatable bonds is 4. The molecular weight excluding hydrogens is 426 g/mol. The summed E-state index contributed by atoms with van der Waals surface area (Å²) in [6.45, 7) is 3.48. The molecule has 1 N–H and O–H groups in total. The van der Waals surface area contributed by atoms with Gasteiger partial charge in [-0.25, -0.2) is 9.48 Å². The summed E-state index contributed by atoms with van der Waals surface area (Å²) in [5.41, 5.74) is 1.47. The second kappa shape index (κ2) is 8.48. The zero-order valence-corrected chi connectivity index (χ0v) is 17.3. The quantitative estimate of drug-likeness (QED) is 0.771. The lowest BCUT2D eigenvalue weighted by molar-refractivity contribution is -0.117. The van der Waals surface area contributed by atoms with Gasteiger partial charge in [-0.2, -0.15) is 5.10 Å². The number of anilines is 2. The number of fused-ring (bicyclic) bond motifs is 1. The van der Waals surface area contributed by atoms with E-state index >= 15 is 0 Å². The molecule has 2 aliphatic heterocycles. The number of aryl methyl sites for hydroxylation is 1. The van der Waals surface area contributed by atoms with Crippen LogP contribution in [-0.2, 0) is 29.0 Å². The van der Waals surface area contributed by atoms with Crippen molar-refractivity contribution in [2.24, 2.45) is 0 Å². The minimum Gasteiger partial charge on any atom is -0.378 e. The van der Waals surface area contributed by atoms with Crippen LogP contribution in [0, 0.1) is 0 Å². The van der Waals surface area contributed by atoms with E-state index in [1.54, 1.807) is 4.57 Å². The fourth-order valence-corrected chi connectivity index (χ4v) is 4.10. The Morgan fingerprint density at radius 3 is 2.82 bits per heavy atom. The van der Waals surface area contributed by atoms with Gasteiger partial charge in [-0.05, 0) is 31.0 Å². The average Bonchev–Trinajstić information content (AvgIpc) is 2.85. The number of hydrogen-bond donors (Lipinski definition) is 1. The second-order valence-electron chi connectivity index (χ2n) is 7.13. The van der Waals surface area contributed by atoms with E-state index < -0.39 is 0 Å². The zero-order valence-electron chi connectivity index (χ0n) is 15.7. The van der Waals surface area contributed by atoms with Gasteiger partial charge in [-0.1, -0.05) is 22.4 Å². The maximum Gasteiger partial charge on any atom is 0.346 e. The molecule has 2 aliphatic rings. The van der Waals surface area contributed by atoms with Crippen LogP contribution >= 0.6 is 15.9 Å². The van der Waals surface area contributed by atoms with E-state index in [0.717, 1.165) is 60.4 Å². The van der Waals surface area contributed by atoms with E-state index in [4.69, 9.17) is 4.74 Å². The number of aromatic nitrogens is 3. The summed E-state index contributed by atoms with van der Waals surface area (Å²) in [5, 5.41) is 7.35. The molecule has 9 heteroatoms. The highest BCUT2D eigenvalue weighted by atomic mass is 79.9. The van der Waals surface area contributed by atoms with E-state index in [2.05, 4.69) is 31.2 Å². The fraction of sp³-hybridized carbons (Fsp3) is 0.526. The van der Waals surface area contributed by atoms with Gasteiger partial charge in [0.1, 0.15) is 12.4 Å². The molecular formula is C19H24BrN5O3. The minimum atomic E-state index is -0.261. The van der Waals surface area contributed by atoms with Crippen molar-refractivity contribution in [2.75, 3.05) is 36.5 Å². The summed E-state index contributed by atoms with van der Waals surface area (Å²) in [4.78, 5) is 27.5. The standard InChI is InChI=1S/C19H24BrN5O3/c20-14-5-6-16(23-8-10-28-11-9-23)15(12-14)21-18(26)13-25-19(27)24-7-3-1-2-4-17(24)22-25/h5-6,12H,1-4,7-11,13H2,(H,21,26). The van der Waals surface area contributed by atoms with E-state index in [1.165, 1.54) is 4.68 Å². The Morgan fingerprint density at radius 1 is 1.18 bits per heavy atom. The first-order valence-electron chi connectivity index (χ1n) is 9.70. The Bertz CT molecular complexity index is 917. The first kappa shape index (κ1) is 19.2. The highest BCUT2D eigenvalue weighted by Crippen LogP contribution is 2.30. The van der Waals surface area contributed by atoms with Crippen LogP contribution in [0.1, 0.15) is 25.1 Å². The summed E-state index contributed by atoms with van der Waals surface area (Å²) in [6.07, 6.45) is 3.91. The van der Waals surface area contributed by atoms with Crippen LogP contribution in [0.2, 0.25) is 0 Å². The highest BCUT2D eigenvalue weighted by Gasteiger charge is 2.19. The molecule has 1 amide bonds. The van der Waals surface area contributed by atoms with Crippen LogP contribution in [0.4, 0.5) is 11.4 Å². The molecule has 0 saturated carbocycles. The largest absolute Gasteiger partial charge is 0.378 e. The van der Waals surface area contributed by atoms with Crippen molar-refractivity contribution < 1.29 is 9.53 Å². The van der Waals surface area contributed by atoms with Gasteiger partial charge in [0.05, 0.1) is 24.6 Å². The maximum absolute atomic E-state index is 12.7. The number of carbonyl (C=O) groups excluding carboxylic acids is 1. The molecule has 0 atom stereocenters. The Morgan fingerprint density at radius 2 is 2.00 bits per heavy atom. The van der Waals surface area contributed by atoms with Crippen molar-refractivity contribution in [3.63, 3.8) is 0 Å². The smallest absolute Gasteiger partial charge is 0.346 e. The fourth-order valence-electron chi connectivity index (χ4n) is 3.74. The number of halogens is 1. The van der Waals surface area contributed by atoms with Crippen LogP contribution in [0.15, 0.2) is 27.5 Å². The molecule has 8 nitrogen and oxygen atoms in total. The monoisotopic (exact) mass is 449 g/mol. The van der Waals surface area contributed by atoms with E-state index in [1.807, 2.05) is 18.2 Å². The molecule has 3 heterocycles. The number of nitrogens with zero attached hydrogens (tertiary/aromatic N) is 4. The zero-order chi connectivity index (χ0) is 19.5. The van der Waals surface area contributed by atoms with Gasteiger partial charge < -0.3 is 15.0 Å². The predicted molar refractivity (Wildman–Crippen MR) is 110 cm³/mol. The predicted octanol–water partition coefficient (Wildman–Crippen LogP) is 2.01. The number of hydrogen-bond acceptors (Lipinski definition) is 5. The third-order valence-corrected chi connectivity index (χ3v) is 5.65. The topological polar surface area (TPSA) is 81.4 Å². The van der Waals surface area contributed by atoms with Gasteiger partial charge in [-0.3, -0.25) is 9.36 Å². The molecule has 4 rings (SSSR count). The Hall–Kier alpha value is -2.13. The van der Waals surface area contributed by atoms with Crippen LogP contribution in [0.25, 0.3) is 0 Å². The summed E-state index contributed by atoms with van der Waals surface area (Å²) in [6, 6.07) is 5.82. The summed E-state index contributed by atoms with van der Waals surface area (Å²) >= 11 is 3.47. The first-order chi connectivity index (χ1) is 13.6. The highest BCUT2D eigenvalue weighted by molar-refractivity contribution is 9.10. The number of morpholine rings is 1. The van der Waals surface area contributed by atoms with Crippen molar-refractivity contribution in [2.45, 2.75) is 38.8 Å². The van der Waals surface area contributed by atoms with Crippen molar-refractivity contribution in [3.8, 4) is 0 Å². The third kappa shape index (κ3) is 4.15. The minimum absolute atomic E-state index is 0.0894. The Kier molecular flexibility index (Phi) is 5.82. The molecule has 0 aliphatic carbocycles. The van der Waals surface area contributed by atoms with Gasteiger partial charge in [-0.15, -0.1) is 0 Å². The average molecular weight is 450 g/mol.